The molecular weight excluding hydrogens is 237 g/mol. The lowest BCUT2D eigenvalue weighted by molar-refractivity contribution is 0.638. The first-order valence-corrected chi connectivity index (χ1v) is 5.24. The number of halogens is 1. The van der Waals surface area contributed by atoms with Gasteiger partial charge in [0.25, 0.3) is 5.56 Å². The van der Waals surface area contributed by atoms with Crippen molar-refractivity contribution in [1.82, 2.24) is 14.5 Å². The molecule has 1 aromatic carbocycles. The summed E-state index contributed by atoms with van der Waals surface area (Å²) in [4.78, 5) is 27.6. The summed E-state index contributed by atoms with van der Waals surface area (Å²) >= 11 is 0. The van der Waals surface area contributed by atoms with Gasteiger partial charge in [0.05, 0.1) is 11.2 Å². The average molecular weight is 245 g/mol. The van der Waals surface area contributed by atoms with E-state index < -0.39 is 17.1 Å². The number of nitrogens with one attached hydrogen (secondary N) is 2. The van der Waals surface area contributed by atoms with Crippen molar-refractivity contribution in [2.45, 2.75) is 0 Å². The Morgan fingerprint density at radius 2 is 2.00 bits per heavy atom. The Balaban J connectivity index is 2.31. The zero-order valence-electron chi connectivity index (χ0n) is 9.11. The van der Waals surface area contributed by atoms with Crippen LogP contribution < -0.4 is 11.2 Å². The van der Waals surface area contributed by atoms with Crippen molar-refractivity contribution in [3.8, 4) is 5.69 Å². The van der Waals surface area contributed by atoms with Gasteiger partial charge < -0.3 is 4.98 Å². The van der Waals surface area contributed by atoms with Gasteiger partial charge in [0.2, 0.25) is 0 Å². The lowest BCUT2D eigenvalue weighted by Gasteiger charge is -2.05. The standard InChI is InChI=1S/C12H8FN3O2/c13-9-5-7(6-10-8(9)1-3-14-10)16-4-2-11(17)15-12(16)18/h1-6,14H,(H,15,17,18). The molecule has 3 aromatic rings. The van der Waals surface area contributed by atoms with Gasteiger partial charge in [-0.1, -0.05) is 0 Å². The Labute approximate surface area is 99.5 Å². The summed E-state index contributed by atoms with van der Waals surface area (Å²) in [5.74, 6) is -0.429. The average Bonchev–Trinajstić information content (AvgIpc) is 2.77. The number of H-pyrrole nitrogens is 2. The van der Waals surface area contributed by atoms with Crippen LogP contribution in [0.2, 0.25) is 0 Å². The maximum Gasteiger partial charge on any atom is 0.332 e. The molecule has 2 aromatic heterocycles. The molecule has 0 spiro atoms. The molecule has 0 bridgehead atoms. The number of nitrogens with zero attached hydrogens (tertiary/aromatic N) is 1. The second-order valence-electron chi connectivity index (χ2n) is 3.85. The van der Waals surface area contributed by atoms with Gasteiger partial charge in [0, 0.05) is 23.8 Å². The van der Waals surface area contributed by atoms with Crippen LogP contribution in [-0.4, -0.2) is 14.5 Å². The van der Waals surface area contributed by atoms with E-state index in [9.17, 15) is 14.0 Å². The SMILES string of the molecule is O=c1ccn(-c2cc(F)c3cc[nH]c3c2)c(=O)[nH]1. The van der Waals surface area contributed by atoms with E-state index in [0.29, 0.717) is 16.6 Å². The van der Waals surface area contributed by atoms with Gasteiger partial charge in [-0.15, -0.1) is 0 Å². The van der Waals surface area contributed by atoms with Gasteiger partial charge in [-0.3, -0.25) is 14.3 Å². The molecule has 0 saturated heterocycles. The summed E-state index contributed by atoms with van der Waals surface area (Å²) in [7, 11) is 0. The molecule has 3 rings (SSSR count). The van der Waals surface area contributed by atoms with E-state index in [1.807, 2.05) is 0 Å². The summed E-state index contributed by atoms with van der Waals surface area (Å²) in [6.07, 6.45) is 2.93. The Morgan fingerprint density at radius 1 is 1.17 bits per heavy atom. The third-order valence-electron chi connectivity index (χ3n) is 2.71. The first-order valence-electron chi connectivity index (χ1n) is 5.24. The Bertz CT molecular complexity index is 844. The minimum absolute atomic E-state index is 0.351. The molecule has 0 unspecified atom stereocenters. The van der Waals surface area contributed by atoms with Crippen LogP contribution in [0.5, 0.6) is 0 Å². The molecule has 0 aliphatic carbocycles. The highest BCUT2D eigenvalue weighted by Gasteiger charge is 2.07. The van der Waals surface area contributed by atoms with Crippen molar-refractivity contribution in [2.75, 3.05) is 0 Å². The molecule has 2 heterocycles. The zero-order valence-corrected chi connectivity index (χ0v) is 9.11. The molecule has 2 N–H and O–H groups in total. The van der Waals surface area contributed by atoms with Crippen LogP contribution in [0.3, 0.4) is 0 Å². The smallest absolute Gasteiger partial charge is 0.332 e. The maximum absolute atomic E-state index is 13.8. The second-order valence-corrected chi connectivity index (χ2v) is 3.85. The number of benzene rings is 1. The fraction of sp³-hybridized carbons (Fsp3) is 0. The van der Waals surface area contributed by atoms with E-state index >= 15 is 0 Å². The Kier molecular flexibility index (Phi) is 2.16. The summed E-state index contributed by atoms with van der Waals surface area (Å²) < 4.78 is 14.9. The number of aromatic nitrogens is 3. The van der Waals surface area contributed by atoms with Crippen molar-refractivity contribution < 1.29 is 4.39 Å². The zero-order chi connectivity index (χ0) is 12.7. The lowest BCUT2D eigenvalue weighted by atomic mass is 10.2. The highest BCUT2D eigenvalue weighted by Crippen LogP contribution is 2.20. The van der Waals surface area contributed by atoms with Gasteiger partial charge in [0.1, 0.15) is 5.82 Å². The van der Waals surface area contributed by atoms with Crippen molar-refractivity contribution >= 4 is 10.9 Å². The van der Waals surface area contributed by atoms with E-state index in [0.717, 1.165) is 0 Å². The molecule has 0 aliphatic heterocycles. The van der Waals surface area contributed by atoms with E-state index in [4.69, 9.17) is 0 Å². The molecular formula is C12H8FN3O2. The molecule has 18 heavy (non-hydrogen) atoms. The molecule has 0 fully saturated rings. The van der Waals surface area contributed by atoms with Gasteiger partial charge in [-0.05, 0) is 18.2 Å². The normalized spacial score (nSPS) is 10.9. The van der Waals surface area contributed by atoms with Gasteiger partial charge in [-0.25, -0.2) is 9.18 Å². The van der Waals surface area contributed by atoms with E-state index in [1.54, 1.807) is 18.3 Å². The van der Waals surface area contributed by atoms with E-state index in [-0.39, 0.29) is 0 Å². The molecule has 0 radical (unpaired) electrons. The number of rotatable bonds is 1. The highest BCUT2D eigenvalue weighted by molar-refractivity contribution is 5.82. The monoisotopic (exact) mass is 245 g/mol. The van der Waals surface area contributed by atoms with Crippen LogP contribution in [0, 0.1) is 5.82 Å². The molecule has 90 valence electrons. The van der Waals surface area contributed by atoms with Crippen molar-refractivity contribution in [3.63, 3.8) is 0 Å². The van der Waals surface area contributed by atoms with Crippen LogP contribution in [0.4, 0.5) is 4.39 Å². The number of aromatic amines is 2. The van der Waals surface area contributed by atoms with Crippen LogP contribution in [0.1, 0.15) is 0 Å². The predicted octanol–water partition coefficient (Wildman–Crippen LogP) is 1.15. The summed E-state index contributed by atoms with van der Waals surface area (Å²) in [5.41, 5.74) is -0.155. The van der Waals surface area contributed by atoms with Gasteiger partial charge >= 0.3 is 5.69 Å². The van der Waals surface area contributed by atoms with Crippen molar-refractivity contribution in [1.29, 1.82) is 0 Å². The minimum Gasteiger partial charge on any atom is -0.361 e. The fourth-order valence-electron chi connectivity index (χ4n) is 1.87. The summed E-state index contributed by atoms with van der Waals surface area (Å²) in [6.45, 7) is 0. The largest absolute Gasteiger partial charge is 0.361 e. The van der Waals surface area contributed by atoms with Gasteiger partial charge in [-0.2, -0.15) is 0 Å². The fourth-order valence-corrected chi connectivity index (χ4v) is 1.87. The third kappa shape index (κ3) is 1.55. The molecule has 0 atom stereocenters. The number of hydrogen-bond acceptors (Lipinski definition) is 2. The summed E-state index contributed by atoms with van der Waals surface area (Å²) in [5, 5.41) is 0.455. The van der Waals surface area contributed by atoms with Crippen molar-refractivity contribution in [3.05, 3.63) is 63.3 Å². The Morgan fingerprint density at radius 3 is 2.78 bits per heavy atom. The number of hydrogen-bond donors (Lipinski definition) is 2. The topological polar surface area (TPSA) is 70.7 Å². The highest BCUT2D eigenvalue weighted by atomic mass is 19.1. The van der Waals surface area contributed by atoms with Crippen LogP contribution in [0.15, 0.2) is 46.2 Å². The molecule has 0 aliphatic rings. The Hall–Kier alpha value is -2.63. The molecule has 5 nitrogen and oxygen atoms in total. The first-order chi connectivity index (χ1) is 8.65. The second kappa shape index (κ2) is 3.69. The third-order valence-corrected chi connectivity index (χ3v) is 2.71. The molecule has 6 heteroatoms. The molecule has 0 saturated carbocycles. The number of fused-ring (bicyclic) bond motifs is 1. The first kappa shape index (κ1) is 10.5. The van der Waals surface area contributed by atoms with Crippen LogP contribution in [-0.2, 0) is 0 Å². The minimum atomic E-state index is -0.604. The van der Waals surface area contributed by atoms with E-state index in [1.165, 1.54) is 22.9 Å². The molecule has 0 amide bonds. The predicted molar refractivity (Wildman–Crippen MR) is 64.5 cm³/mol. The van der Waals surface area contributed by atoms with Gasteiger partial charge in [0.15, 0.2) is 0 Å². The van der Waals surface area contributed by atoms with Crippen LogP contribution >= 0.6 is 0 Å². The summed E-state index contributed by atoms with van der Waals surface area (Å²) in [6, 6.07) is 5.70. The maximum atomic E-state index is 13.8. The van der Waals surface area contributed by atoms with E-state index in [2.05, 4.69) is 9.97 Å². The lowest BCUT2D eigenvalue weighted by Crippen LogP contribution is -2.27. The van der Waals surface area contributed by atoms with Crippen LogP contribution in [0.25, 0.3) is 16.6 Å². The van der Waals surface area contributed by atoms with Crippen molar-refractivity contribution in [2.24, 2.45) is 0 Å². The quantitative estimate of drug-likeness (QED) is 0.675.